The number of nitrogens with one attached hydrogen (secondary N) is 1. The van der Waals surface area contributed by atoms with E-state index >= 15 is 0 Å². The Morgan fingerprint density at radius 3 is 2.69 bits per heavy atom. The number of nitrogens with zero attached hydrogens (tertiary/aromatic N) is 3. The van der Waals surface area contributed by atoms with Crippen molar-refractivity contribution in [1.29, 1.82) is 5.26 Å². The van der Waals surface area contributed by atoms with Crippen LogP contribution in [-0.4, -0.2) is 65.1 Å². The van der Waals surface area contributed by atoms with Crippen molar-refractivity contribution in [3.63, 3.8) is 0 Å². The Kier molecular flexibility index (Phi) is 5.74. The Hall–Kier alpha value is -2.17. The van der Waals surface area contributed by atoms with E-state index in [1.165, 1.54) is 18.9 Å². The predicted octanol–water partition coefficient (Wildman–Crippen LogP) is 0.721. The minimum Gasteiger partial charge on any atom is -0.396 e. The minimum atomic E-state index is -0.472. The molecule has 3 heterocycles. The second-order valence-corrected chi connectivity index (χ2v) is 7.53. The number of piperidine rings is 1. The normalized spacial score (nSPS) is 23.8. The number of hydrogen-bond acceptors (Lipinski definition) is 5. The number of nitriles is 1. The fourth-order valence-corrected chi connectivity index (χ4v) is 4.18. The molecule has 0 spiro atoms. The molecule has 1 amide bonds. The third-order valence-corrected chi connectivity index (χ3v) is 5.47. The third-order valence-electron chi connectivity index (χ3n) is 5.47. The molecule has 0 radical (unpaired) electrons. The minimum absolute atomic E-state index is 0.0525. The number of aromatic nitrogens is 1. The summed E-state index contributed by atoms with van der Waals surface area (Å²) in [6.07, 6.45) is 3.38. The molecule has 2 atom stereocenters. The molecule has 0 unspecified atom stereocenters. The highest BCUT2D eigenvalue weighted by Crippen LogP contribution is 2.25. The van der Waals surface area contributed by atoms with Crippen molar-refractivity contribution >= 4 is 5.91 Å². The first kappa shape index (κ1) is 18.6. The standard InChI is InChI=1S/C19H26N4O3/c1-13-17(7-16(8-20)18(25)21-13)19(26)23-10-14(6-15(11-23)12-24)9-22-4-2-3-5-22/h7,14-15,24H,2-6,9-12H2,1H3,(H,21,25)/t14-,15+/m1/s1. The average molecular weight is 358 g/mol. The molecule has 0 aromatic carbocycles. The molecule has 0 aliphatic carbocycles. The van der Waals surface area contributed by atoms with Crippen LogP contribution in [-0.2, 0) is 0 Å². The van der Waals surface area contributed by atoms with Crippen molar-refractivity contribution in [3.05, 3.63) is 33.2 Å². The van der Waals surface area contributed by atoms with Crippen molar-refractivity contribution in [2.45, 2.75) is 26.2 Å². The van der Waals surface area contributed by atoms with Crippen LogP contribution < -0.4 is 5.56 Å². The lowest BCUT2D eigenvalue weighted by molar-refractivity contribution is 0.0464. The molecule has 0 bridgehead atoms. The van der Waals surface area contributed by atoms with Gasteiger partial charge in [0.05, 0.1) is 5.56 Å². The molecular formula is C19H26N4O3. The van der Waals surface area contributed by atoms with E-state index in [0.29, 0.717) is 30.3 Å². The zero-order valence-electron chi connectivity index (χ0n) is 15.2. The van der Waals surface area contributed by atoms with E-state index < -0.39 is 5.56 Å². The number of likely N-dealkylation sites (tertiary alicyclic amines) is 2. The molecule has 7 heteroatoms. The van der Waals surface area contributed by atoms with E-state index in [0.717, 1.165) is 26.1 Å². The number of hydrogen-bond donors (Lipinski definition) is 2. The third kappa shape index (κ3) is 3.97. The number of carbonyl (C=O) groups excluding carboxylic acids is 1. The molecule has 3 rings (SSSR count). The Morgan fingerprint density at radius 2 is 2.04 bits per heavy atom. The van der Waals surface area contributed by atoms with Gasteiger partial charge in [-0.15, -0.1) is 0 Å². The van der Waals surface area contributed by atoms with Crippen LogP contribution in [0.5, 0.6) is 0 Å². The number of pyridine rings is 1. The lowest BCUT2D eigenvalue weighted by Gasteiger charge is -2.38. The quantitative estimate of drug-likeness (QED) is 0.826. The van der Waals surface area contributed by atoms with Gasteiger partial charge < -0.3 is 19.9 Å². The SMILES string of the molecule is Cc1[nH]c(=O)c(C#N)cc1C(=O)N1C[C@@H](CN2CCCC2)C[C@H](CO)C1. The summed E-state index contributed by atoms with van der Waals surface area (Å²) in [4.78, 5) is 31.6. The Labute approximate surface area is 153 Å². The second kappa shape index (κ2) is 8.02. The summed E-state index contributed by atoms with van der Waals surface area (Å²) in [5, 5.41) is 18.7. The van der Waals surface area contributed by atoms with Gasteiger partial charge in [-0.1, -0.05) is 0 Å². The van der Waals surface area contributed by atoms with Crippen LogP contribution in [0.2, 0.25) is 0 Å². The lowest BCUT2D eigenvalue weighted by Crippen LogP contribution is -2.48. The van der Waals surface area contributed by atoms with Crippen LogP contribution in [0.15, 0.2) is 10.9 Å². The van der Waals surface area contributed by atoms with E-state index in [2.05, 4.69) is 9.88 Å². The molecule has 140 valence electrons. The first-order chi connectivity index (χ1) is 12.5. The van der Waals surface area contributed by atoms with E-state index in [1.807, 2.05) is 6.07 Å². The molecule has 1 aromatic heterocycles. The molecule has 7 nitrogen and oxygen atoms in total. The van der Waals surface area contributed by atoms with Gasteiger partial charge in [0.15, 0.2) is 0 Å². The van der Waals surface area contributed by atoms with Crippen LogP contribution in [0.3, 0.4) is 0 Å². The summed E-state index contributed by atoms with van der Waals surface area (Å²) in [6.45, 7) is 6.06. The smallest absolute Gasteiger partial charge is 0.266 e. The Morgan fingerprint density at radius 1 is 1.35 bits per heavy atom. The Balaban J connectivity index is 1.79. The number of H-pyrrole nitrogens is 1. The number of aryl methyl sites for hydroxylation is 1. The predicted molar refractivity (Wildman–Crippen MR) is 96.8 cm³/mol. The maximum Gasteiger partial charge on any atom is 0.266 e. The highest BCUT2D eigenvalue weighted by Gasteiger charge is 2.32. The molecule has 1 aromatic rings. The van der Waals surface area contributed by atoms with E-state index in [-0.39, 0.29) is 24.0 Å². The first-order valence-electron chi connectivity index (χ1n) is 9.28. The molecule has 26 heavy (non-hydrogen) atoms. The van der Waals surface area contributed by atoms with Crippen LogP contribution >= 0.6 is 0 Å². The molecule has 2 fully saturated rings. The van der Waals surface area contributed by atoms with Crippen molar-refractivity contribution in [3.8, 4) is 6.07 Å². The van der Waals surface area contributed by atoms with Crippen LogP contribution in [0.25, 0.3) is 0 Å². The van der Waals surface area contributed by atoms with Gasteiger partial charge >= 0.3 is 0 Å². The number of amides is 1. The molecular weight excluding hydrogens is 332 g/mol. The van der Waals surface area contributed by atoms with Gasteiger partial charge in [-0.2, -0.15) is 5.26 Å². The monoisotopic (exact) mass is 358 g/mol. The van der Waals surface area contributed by atoms with Crippen molar-refractivity contribution in [2.75, 3.05) is 39.3 Å². The number of aromatic amines is 1. The van der Waals surface area contributed by atoms with E-state index in [1.54, 1.807) is 11.8 Å². The van der Waals surface area contributed by atoms with Crippen molar-refractivity contribution in [2.24, 2.45) is 11.8 Å². The molecule has 2 saturated heterocycles. The van der Waals surface area contributed by atoms with Crippen molar-refractivity contribution < 1.29 is 9.90 Å². The average Bonchev–Trinajstić information content (AvgIpc) is 3.14. The van der Waals surface area contributed by atoms with E-state index in [4.69, 9.17) is 5.26 Å². The van der Waals surface area contributed by atoms with Gasteiger partial charge in [-0.05, 0) is 57.2 Å². The maximum atomic E-state index is 13.0. The van der Waals surface area contributed by atoms with Gasteiger partial charge in [-0.25, -0.2) is 0 Å². The number of aliphatic hydroxyl groups is 1. The zero-order valence-corrected chi connectivity index (χ0v) is 15.2. The van der Waals surface area contributed by atoms with E-state index in [9.17, 15) is 14.7 Å². The van der Waals surface area contributed by atoms with Crippen LogP contribution in [0.4, 0.5) is 0 Å². The first-order valence-corrected chi connectivity index (χ1v) is 9.28. The summed E-state index contributed by atoms with van der Waals surface area (Å²) in [5.41, 5.74) is 0.310. The van der Waals surface area contributed by atoms with Gasteiger partial charge in [0.2, 0.25) is 0 Å². The molecule has 2 aliphatic rings. The van der Waals surface area contributed by atoms with Gasteiger partial charge in [0.25, 0.3) is 11.5 Å². The van der Waals surface area contributed by atoms with Crippen LogP contribution in [0, 0.1) is 30.1 Å². The summed E-state index contributed by atoms with van der Waals surface area (Å²) >= 11 is 0. The highest BCUT2D eigenvalue weighted by atomic mass is 16.3. The summed E-state index contributed by atoms with van der Waals surface area (Å²) in [5.74, 6) is 0.222. The summed E-state index contributed by atoms with van der Waals surface area (Å²) in [6, 6.07) is 3.22. The van der Waals surface area contributed by atoms with Gasteiger partial charge in [0, 0.05) is 31.9 Å². The molecule has 0 saturated carbocycles. The largest absolute Gasteiger partial charge is 0.396 e. The summed E-state index contributed by atoms with van der Waals surface area (Å²) < 4.78 is 0. The topological polar surface area (TPSA) is 100 Å². The molecule has 2 aliphatic heterocycles. The van der Waals surface area contributed by atoms with Gasteiger partial charge in [0.1, 0.15) is 11.6 Å². The summed E-state index contributed by atoms with van der Waals surface area (Å²) in [7, 11) is 0. The number of rotatable bonds is 4. The fourth-order valence-electron chi connectivity index (χ4n) is 4.18. The highest BCUT2D eigenvalue weighted by molar-refractivity contribution is 5.95. The van der Waals surface area contributed by atoms with Crippen LogP contribution in [0.1, 0.15) is 40.9 Å². The van der Waals surface area contributed by atoms with Gasteiger partial charge in [-0.3, -0.25) is 9.59 Å². The number of carbonyl (C=O) groups is 1. The fraction of sp³-hybridized carbons (Fsp3) is 0.632. The second-order valence-electron chi connectivity index (χ2n) is 7.53. The number of aliphatic hydroxyl groups excluding tert-OH is 1. The zero-order chi connectivity index (χ0) is 18.7. The van der Waals surface area contributed by atoms with Crippen molar-refractivity contribution in [1.82, 2.24) is 14.8 Å². The molecule has 2 N–H and O–H groups in total. The Bertz CT molecular complexity index is 761. The maximum absolute atomic E-state index is 13.0. The lowest BCUT2D eigenvalue weighted by atomic mass is 9.88.